The van der Waals surface area contributed by atoms with Gasteiger partial charge in [-0.15, -0.1) is 0 Å². The Balaban J connectivity index is 3.02. The van der Waals surface area contributed by atoms with E-state index in [0.29, 0.717) is 6.42 Å². The van der Waals surface area contributed by atoms with Crippen LogP contribution >= 0.6 is 11.8 Å². The zero-order valence-corrected chi connectivity index (χ0v) is 9.38. The first-order valence-corrected chi connectivity index (χ1v) is 6.01. The molecule has 0 heterocycles. The largest absolute Gasteiger partial charge is 0.356 e. The second-order valence-corrected chi connectivity index (χ2v) is 4.04. The van der Waals surface area contributed by atoms with Gasteiger partial charge >= 0.3 is 0 Å². The molecule has 0 atom stereocenters. The molecule has 0 saturated carbocycles. The van der Waals surface area contributed by atoms with Crippen molar-refractivity contribution in [3.8, 4) is 0 Å². The highest BCUT2D eigenvalue weighted by molar-refractivity contribution is 7.99. The van der Waals surface area contributed by atoms with Crippen LogP contribution in [0.2, 0.25) is 0 Å². The van der Waals surface area contributed by atoms with Gasteiger partial charge in [0.05, 0.1) is 0 Å². The lowest BCUT2D eigenvalue weighted by Crippen LogP contribution is -2.28. The number of carbonyl (C=O) groups is 1. The Morgan fingerprint density at radius 3 is 2.69 bits per heavy atom. The zero-order chi connectivity index (χ0) is 9.94. The molecule has 0 aliphatic carbocycles. The molecule has 0 unspecified atom stereocenters. The van der Waals surface area contributed by atoms with Crippen molar-refractivity contribution in [3.05, 3.63) is 0 Å². The smallest absolute Gasteiger partial charge is 0.221 e. The minimum absolute atomic E-state index is 0.137. The molecule has 0 bridgehead atoms. The average Bonchev–Trinajstić information content (AvgIpc) is 2.11. The first kappa shape index (κ1) is 12.8. The molecule has 0 aliphatic rings. The molecule has 78 valence electrons. The van der Waals surface area contributed by atoms with Crippen LogP contribution in [0.15, 0.2) is 0 Å². The van der Waals surface area contributed by atoms with Gasteiger partial charge in [-0.05, 0) is 12.7 Å². The maximum atomic E-state index is 11.0. The summed E-state index contributed by atoms with van der Waals surface area (Å²) in [5.41, 5.74) is 0. The molecule has 0 aliphatic heterocycles. The van der Waals surface area contributed by atoms with Crippen LogP contribution in [0.3, 0.4) is 0 Å². The highest BCUT2D eigenvalue weighted by Crippen LogP contribution is 1.94. The van der Waals surface area contributed by atoms with Crippen LogP contribution in [0, 0.1) is 0 Å². The monoisotopic (exact) mass is 204 g/mol. The topological polar surface area (TPSA) is 41.1 Å². The van der Waals surface area contributed by atoms with E-state index in [1.54, 1.807) is 0 Å². The van der Waals surface area contributed by atoms with Gasteiger partial charge in [-0.2, -0.15) is 11.8 Å². The Morgan fingerprint density at radius 1 is 1.31 bits per heavy atom. The third-order valence-corrected chi connectivity index (χ3v) is 2.43. The quantitative estimate of drug-likeness (QED) is 0.576. The van der Waals surface area contributed by atoms with Gasteiger partial charge < -0.3 is 10.6 Å². The van der Waals surface area contributed by atoms with E-state index in [1.807, 2.05) is 18.7 Å². The van der Waals surface area contributed by atoms with Crippen LogP contribution in [0.1, 0.15) is 20.3 Å². The van der Waals surface area contributed by atoms with E-state index in [1.165, 1.54) is 0 Å². The Bertz CT molecular complexity index is 131. The van der Waals surface area contributed by atoms with Crippen LogP contribution in [-0.4, -0.2) is 37.0 Å². The van der Waals surface area contributed by atoms with Crippen molar-refractivity contribution in [3.63, 3.8) is 0 Å². The molecule has 0 aromatic carbocycles. The molecule has 0 aromatic heterocycles. The zero-order valence-electron chi connectivity index (χ0n) is 8.56. The summed E-state index contributed by atoms with van der Waals surface area (Å²) in [5.74, 6) is 2.43. The number of hydrogen-bond acceptors (Lipinski definition) is 3. The van der Waals surface area contributed by atoms with E-state index in [2.05, 4.69) is 17.6 Å². The third kappa shape index (κ3) is 9.70. The number of carbonyl (C=O) groups excluding carboxylic acids is 1. The molecule has 0 spiro atoms. The van der Waals surface area contributed by atoms with E-state index in [-0.39, 0.29) is 5.91 Å². The van der Waals surface area contributed by atoms with Crippen LogP contribution in [0.25, 0.3) is 0 Å². The molecule has 0 fully saturated rings. The van der Waals surface area contributed by atoms with Crippen molar-refractivity contribution >= 4 is 17.7 Å². The maximum absolute atomic E-state index is 11.0. The van der Waals surface area contributed by atoms with Crippen molar-refractivity contribution in [2.45, 2.75) is 20.3 Å². The fourth-order valence-corrected chi connectivity index (χ4v) is 1.48. The van der Waals surface area contributed by atoms with Gasteiger partial charge in [-0.3, -0.25) is 4.79 Å². The summed E-state index contributed by atoms with van der Waals surface area (Å²) in [4.78, 5) is 11.0. The number of thioether (sulfide) groups is 1. The van der Waals surface area contributed by atoms with E-state index in [4.69, 9.17) is 0 Å². The molecule has 2 N–H and O–H groups in total. The minimum Gasteiger partial charge on any atom is -0.356 e. The van der Waals surface area contributed by atoms with Gasteiger partial charge in [-0.25, -0.2) is 0 Å². The van der Waals surface area contributed by atoms with Crippen molar-refractivity contribution in [1.82, 2.24) is 10.6 Å². The van der Waals surface area contributed by atoms with E-state index >= 15 is 0 Å². The van der Waals surface area contributed by atoms with Gasteiger partial charge in [0.15, 0.2) is 0 Å². The first-order chi connectivity index (χ1) is 6.31. The lowest BCUT2D eigenvalue weighted by Gasteiger charge is -2.03. The molecule has 0 saturated heterocycles. The van der Waals surface area contributed by atoms with E-state index in [0.717, 1.165) is 31.1 Å². The fraction of sp³-hybridized carbons (Fsp3) is 0.889. The van der Waals surface area contributed by atoms with Gasteiger partial charge in [0.1, 0.15) is 0 Å². The number of amides is 1. The third-order valence-electron chi connectivity index (χ3n) is 1.53. The fourth-order valence-electron chi connectivity index (χ4n) is 0.901. The van der Waals surface area contributed by atoms with Crippen molar-refractivity contribution in [2.24, 2.45) is 0 Å². The molecule has 13 heavy (non-hydrogen) atoms. The predicted molar refractivity (Wildman–Crippen MR) is 59.2 cm³/mol. The Hall–Kier alpha value is -0.220. The summed E-state index contributed by atoms with van der Waals surface area (Å²) in [5, 5.41) is 5.99. The predicted octanol–water partition coefficient (Wildman–Crippen LogP) is 0.855. The SMILES string of the molecule is CCNC(=O)CCNCCSCC. The highest BCUT2D eigenvalue weighted by Gasteiger charge is 1.96. The number of hydrogen-bond donors (Lipinski definition) is 2. The highest BCUT2D eigenvalue weighted by atomic mass is 32.2. The van der Waals surface area contributed by atoms with Gasteiger partial charge in [0.2, 0.25) is 5.91 Å². The number of rotatable bonds is 8. The van der Waals surface area contributed by atoms with Crippen LogP contribution in [-0.2, 0) is 4.79 Å². The lowest BCUT2D eigenvalue weighted by molar-refractivity contribution is -0.120. The summed E-state index contributed by atoms with van der Waals surface area (Å²) in [6.07, 6.45) is 0.588. The molecule has 0 aromatic rings. The summed E-state index contributed by atoms with van der Waals surface area (Å²) in [7, 11) is 0. The molecule has 0 radical (unpaired) electrons. The number of nitrogens with one attached hydrogen (secondary N) is 2. The first-order valence-electron chi connectivity index (χ1n) is 4.86. The lowest BCUT2D eigenvalue weighted by atomic mass is 10.4. The van der Waals surface area contributed by atoms with E-state index in [9.17, 15) is 4.79 Å². The van der Waals surface area contributed by atoms with Crippen LogP contribution in [0.5, 0.6) is 0 Å². The normalized spacial score (nSPS) is 10.0. The molecular weight excluding hydrogens is 184 g/mol. The van der Waals surface area contributed by atoms with Gasteiger partial charge in [-0.1, -0.05) is 6.92 Å². The van der Waals surface area contributed by atoms with Crippen molar-refractivity contribution in [2.75, 3.05) is 31.1 Å². The molecule has 0 rings (SSSR count). The molecule has 3 nitrogen and oxygen atoms in total. The Morgan fingerprint density at radius 2 is 2.08 bits per heavy atom. The minimum atomic E-state index is 0.137. The van der Waals surface area contributed by atoms with Crippen molar-refractivity contribution < 1.29 is 4.79 Å². The summed E-state index contributed by atoms with van der Waals surface area (Å²) < 4.78 is 0. The summed E-state index contributed by atoms with van der Waals surface area (Å²) in [6, 6.07) is 0. The standard InChI is InChI=1S/C9H20N2OS/c1-3-11-9(12)5-6-10-7-8-13-4-2/h10H,3-8H2,1-2H3,(H,11,12). The molecule has 1 amide bonds. The second-order valence-electron chi connectivity index (χ2n) is 2.65. The Kier molecular flexibility index (Phi) is 9.70. The Labute approximate surface area is 85.0 Å². The van der Waals surface area contributed by atoms with Crippen LogP contribution in [0.4, 0.5) is 0 Å². The molecule has 4 heteroatoms. The molecular formula is C9H20N2OS. The summed E-state index contributed by atoms with van der Waals surface area (Å²) >= 11 is 1.91. The summed E-state index contributed by atoms with van der Waals surface area (Å²) in [6.45, 7) is 6.60. The van der Waals surface area contributed by atoms with E-state index < -0.39 is 0 Å². The maximum Gasteiger partial charge on any atom is 0.221 e. The van der Waals surface area contributed by atoms with Crippen LogP contribution < -0.4 is 10.6 Å². The second kappa shape index (κ2) is 9.86. The average molecular weight is 204 g/mol. The van der Waals surface area contributed by atoms with Gasteiger partial charge in [0, 0.05) is 31.8 Å². The van der Waals surface area contributed by atoms with Crippen molar-refractivity contribution in [1.29, 1.82) is 0 Å². The van der Waals surface area contributed by atoms with Gasteiger partial charge in [0.25, 0.3) is 0 Å².